The van der Waals surface area contributed by atoms with Gasteiger partial charge in [-0.2, -0.15) is 0 Å². The van der Waals surface area contributed by atoms with Crippen LogP contribution in [0.15, 0.2) is 51.9 Å². The normalized spacial score (nSPS) is 11.1. The summed E-state index contributed by atoms with van der Waals surface area (Å²) in [6.45, 7) is 8.86. The number of pyridine rings is 1. The number of hydrogen-bond donors (Lipinski definition) is 0. The van der Waals surface area contributed by atoms with E-state index in [1.54, 1.807) is 10.9 Å². The van der Waals surface area contributed by atoms with Gasteiger partial charge in [0.05, 0.1) is 35.0 Å². The smallest absolute Gasteiger partial charge is 0.143 e. The predicted molar refractivity (Wildman–Crippen MR) is 116 cm³/mol. The van der Waals surface area contributed by atoms with Gasteiger partial charge in [0, 0.05) is 28.6 Å². The average Bonchev–Trinajstić information content (AvgIpc) is 3.34. The van der Waals surface area contributed by atoms with Gasteiger partial charge in [0.1, 0.15) is 5.76 Å². The quantitative estimate of drug-likeness (QED) is 0.416. The molecular formula is C21H21BrN6O. The molecule has 4 rings (SSSR count). The van der Waals surface area contributed by atoms with E-state index >= 15 is 0 Å². The molecule has 0 N–H and O–H groups in total. The number of anilines is 2. The Labute approximate surface area is 177 Å². The van der Waals surface area contributed by atoms with E-state index in [0.717, 1.165) is 56.4 Å². The van der Waals surface area contributed by atoms with Gasteiger partial charge in [0.15, 0.2) is 0 Å². The van der Waals surface area contributed by atoms with E-state index in [2.05, 4.69) is 73.3 Å². The van der Waals surface area contributed by atoms with Crippen molar-refractivity contribution in [3.63, 3.8) is 0 Å². The predicted octanol–water partition coefficient (Wildman–Crippen LogP) is 5.16. The highest BCUT2D eigenvalue weighted by Crippen LogP contribution is 2.35. The molecule has 7 nitrogen and oxygen atoms in total. The fourth-order valence-electron chi connectivity index (χ4n) is 3.47. The molecule has 0 atom stereocenters. The first-order chi connectivity index (χ1) is 14.0. The largest absolute Gasteiger partial charge is 0.361 e. The third-order valence-electron chi connectivity index (χ3n) is 4.88. The highest BCUT2D eigenvalue weighted by Gasteiger charge is 2.18. The Kier molecular flexibility index (Phi) is 5.19. The molecule has 0 unspecified atom stereocenters. The van der Waals surface area contributed by atoms with Crippen molar-refractivity contribution in [3.8, 4) is 16.9 Å². The fourth-order valence-corrected chi connectivity index (χ4v) is 4.02. The van der Waals surface area contributed by atoms with Crippen LogP contribution >= 0.6 is 15.9 Å². The Morgan fingerprint density at radius 1 is 1.17 bits per heavy atom. The van der Waals surface area contributed by atoms with E-state index in [9.17, 15) is 0 Å². The van der Waals surface area contributed by atoms with Crippen LogP contribution in [0.5, 0.6) is 0 Å². The molecule has 8 heteroatoms. The minimum atomic E-state index is 0.771. The molecule has 0 aliphatic heterocycles. The van der Waals surface area contributed by atoms with Crippen molar-refractivity contribution < 1.29 is 4.52 Å². The summed E-state index contributed by atoms with van der Waals surface area (Å²) in [5.41, 5.74) is 6.85. The number of aryl methyl sites for hydroxylation is 3. The second-order valence-electron chi connectivity index (χ2n) is 6.78. The van der Waals surface area contributed by atoms with Crippen LogP contribution in [0.1, 0.15) is 23.9 Å². The summed E-state index contributed by atoms with van der Waals surface area (Å²) in [7, 11) is 0. The molecule has 0 bridgehead atoms. The Bertz CT molecular complexity index is 1130. The van der Waals surface area contributed by atoms with E-state index in [4.69, 9.17) is 4.52 Å². The zero-order valence-corrected chi connectivity index (χ0v) is 18.3. The zero-order valence-electron chi connectivity index (χ0n) is 16.7. The maximum atomic E-state index is 5.33. The summed E-state index contributed by atoms with van der Waals surface area (Å²) in [5, 5.41) is 12.0. The molecule has 0 aliphatic carbocycles. The molecule has 0 fully saturated rings. The van der Waals surface area contributed by atoms with Crippen LogP contribution in [-0.4, -0.2) is 31.7 Å². The van der Waals surface area contributed by atoms with Crippen LogP contribution in [-0.2, 0) is 0 Å². The number of nitrogens with zero attached hydrogens (tertiary/aromatic N) is 6. The molecule has 148 valence electrons. The summed E-state index contributed by atoms with van der Waals surface area (Å²) >= 11 is 3.67. The third kappa shape index (κ3) is 3.55. The lowest BCUT2D eigenvalue weighted by molar-refractivity contribution is 0.393. The van der Waals surface area contributed by atoms with Crippen molar-refractivity contribution >= 4 is 27.3 Å². The summed E-state index contributed by atoms with van der Waals surface area (Å²) in [5.74, 6) is 0.771. The number of hydrogen-bond acceptors (Lipinski definition) is 6. The van der Waals surface area contributed by atoms with Gasteiger partial charge in [-0.3, -0.25) is 4.98 Å². The molecule has 0 amide bonds. The second kappa shape index (κ2) is 7.79. The van der Waals surface area contributed by atoms with Gasteiger partial charge in [-0.25, -0.2) is 4.68 Å². The average molecular weight is 453 g/mol. The maximum Gasteiger partial charge on any atom is 0.143 e. The zero-order chi connectivity index (χ0) is 20.5. The van der Waals surface area contributed by atoms with Crippen molar-refractivity contribution in [1.82, 2.24) is 25.1 Å². The van der Waals surface area contributed by atoms with Crippen molar-refractivity contribution in [2.75, 3.05) is 11.4 Å². The maximum absolute atomic E-state index is 5.33. The molecule has 0 spiro atoms. The standard InChI is InChI=1S/C21H21BrN6O/c1-5-27(16-6-7-19(17(22)10-16)28-9-8-24-26-28)20-11-18(23-12-13(20)2)21-14(3)25-29-15(21)4/h6-12H,5H2,1-4H3. The monoisotopic (exact) mass is 452 g/mol. The first-order valence-electron chi connectivity index (χ1n) is 9.33. The van der Waals surface area contributed by atoms with Crippen molar-refractivity contribution in [3.05, 3.63) is 64.3 Å². The summed E-state index contributed by atoms with van der Waals surface area (Å²) in [4.78, 5) is 6.88. The lowest BCUT2D eigenvalue weighted by Gasteiger charge is -2.26. The van der Waals surface area contributed by atoms with E-state index in [0.29, 0.717) is 0 Å². The lowest BCUT2D eigenvalue weighted by atomic mass is 10.1. The van der Waals surface area contributed by atoms with E-state index in [1.807, 2.05) is 32.3 Å². The molecule has 0 radical (unpaired) electrons. The van der Waals surface area contributed by atoms with Crippen molar-refractivity contribution in [1.29, 1.82) is 0 Å². The van der Waals surface area contributed by atoms with Crippen LogP contribution in [0.4, 0.5) is 11.4 Å². The fraction of sp³-hybridized carbons (Fsp3) is 0.238. The number of rotatable bonds is 5. The Morgan fingerprint density at radius 2 is 2.00 bits per heavy atom. The molecule has 3 heterocycles. The molecular weight excluding hydrogens is 432 g/mol. The number of benzene rings is 1. The van der Waals surface area contributed by atoms with E-state index in [-0.39, 0.29) is 0 Å². The first kappa shape index (κ1) is 19.3. The third-order valence-corrected chi connectivity index (χ3v) is 5.52. The molecule has 0 aliphatic rings. The van der Waals surface area contributed by atoms with Gasteiger partial charge < -0.3 is 9.42 Å². The minimum Gasteiger partial charge on any atom is -0.361 e. The van der Waals surface area contributed by atoms with Crippen molar-refractivity contribution in [2.24, 2.45) is 0 Å². The molecule has 0 saturated carbocycles. The highest BCUT2D eigenvalue weighted by atomic mass is 79.9. The van der Waals surface area contributed by atoms with Gasteiger partial charge in [-0.15, -0.1) is 5.10 Å². The van der Waals surface area contributed by atoms with Crippen LogP contribution in [0.3, 0.4) is 0 Å². The first-order valence-corrected chi connectivity index (χ1v) is 10.1. The van der Waals surface area contributed by atoms with Crippen LogP contribution in [0.25, 0.3) is 16.9 Å². The van der Waals surface area contributed by atoms with Crippen LogP contribution in [0, 0.1) is 20.8 Å². The SMILES string of the molecule is CCN(c1ccc(-n2ccnn2)c(Br)c1)c1cc(-c2c(C)noc2C)ncc1C. The van der Waals surface area contributed by atoms with Gasteiger partial charge in [0.2, 0.25) is 0 Å². The highest BCUT2D eigenvalue weighted by molar-refractivity contribution is 9.10. The van der Waals surface area contributed by atoms with Gasteiger partial charge in [0.25, 0.3) is 0 Å². The Balaban J connectivity index is 1.77. The Hall–Kier alpha value is -3.00. The van der Waals surface area contributed by atoms with Crippen LogP contribution < -0.4 is 4.90 Å². The Morgan fingerprint density at radius 3 is 2.62 bits per heavy atom. The summed E-state index contributed by atoms with van der Waals surface area (Å²) in [6, 6.07) is 8.31. The molecule has 0 saturated heterocycles. The summed E-state index contributed by atoms with van der Waals surface area (Å²) < 4.78 is 8.01. The lowest BCUT2D eigenvalue weighted by Crippen LogP contribution is -2.17. The number of aromatic nitrogens is 5. The van der Waals surface area contributed by atoms with Crippen molar-refractivity contribution in [2.45, 2.75) is 27.7 Å². The minimum absolute atomic E-state index is 0.771. The van der Waals surface area contributed by atoms with Gasteiger partial charge in [-0.1, -0.05) is 10.4 Å². The van der Waals surface area contributed by atoms with Gasteiger partial charge >= 0.3 is 0 Å². The number of halogens is 1. The summed E-state index contributed by atoms with van der Waals surface area (Å²) in [6.07, 6.45) is 5.38. The molecule has 3 aromatic heterocycles. The second-order valence-corrected chi connectivity index (χ2v) is 7.64. The molecule has 1 aromatic carbocycles. The van der Waals surface area contributed by atoms with E-state index < -0.39 is 0 Å². The van der Waals surface area contributed by atoms with Crippen LogP contribution in [0.2, 0.25) is 0 Å². The van der Waals surface area contributed by atoms with E-state index in [1.165, 1.54) is 0 Å². The van der Waals surface area contributed by atoms with Gasteiger partial charge in [-0.05, 0) is 73.5 Å². The molecule has 29 heavy (non-hydrogen) atoms. The topological polar surface area (TPSA) is 72.9 Å². The molecule has 4 aromatic rings.